The zero-order valence-corrected chi connectivity index (χ0v) is 31.4. The Morgan fingerprint density at radius 1 is 0.379 bits per heavy atom. The zero-order chi connectivity index (χ0) is 49.6. The van der Waals surface area contributed by atoms with Crippen molar-refractivity contribution in [2.24, 2.45) is 0 Å². The van der Waals surface area contributed by atoms with E-state index >= 15 is 35.1 Å². The summed E-state index contributed by atoms with van der Waals surface area (Å²) in [6.07, 6.45) is -6.22. The highest BCUT2D eigenvalue weighted by Crippen LogP contribution is 2.30. The third-order valence-electron chi connectivity index (χ3n) is 9.65. The van der Waals surface area contributed by atoms with Crippen LogP contribution in [-0.2, 0) is 11.3 Å². The number of pyridine rings is 1. The molecule has 5 aromatic carbocycles. The van der Waals surface area contributed by atoms with Gasteiger partial charge in [-0.15, -0.1) is 21.9 Å². The Bertz CT molecular complexity index is 2620. The van der Waals surface area contributed by atoms with E-state index in [4.69, 9.17) is 5.11 Å². The van der Waals surface area contributed by atoms with Gasteiger partial charge in [0, 0.05) is 17.7 Å². The first-order valence-electron chi connectivity index (χ1n) is 17.3. The van der Waals surface area contributed by atoms with E-state index in [1.54, 1.807) is 42.6 Å². The predicted molar refractivity (Wildman–Crippen MR) is 183 cm³/mol. The second-order valence-electron chi connectivity index (χ2n) is 13.3. The van der Waals surface area contributed by atoms with Gasteiger partial charge in [0.15, 0.2) is 76.0 Å². The van der Waals surface area contributed by atoms with E-state index in [0.717, 1.165) is 0 Å². The third-order valence-corrected chi connectivity index (χ3v) is 9.65. The van der Waals surface area contributed by atoms with Crippen molar-refractivity contribution >= 4 is 45.5 Å². The van der Waals surface area contributed by atoms with Crippen molar-refractivity contribution in [1.82, 2.24) is 0 Å². The summed E-state index contributed by atoms with van der Waals surface area (Å²) in [5, 5.41) is 8.70. The number of aromatic nitrogens is 1. The molecule has 0 aliphatic rings. The first-order chi connectivity index (χ1) is 30.8. The number of ketones is 2. The Morgan fingerprint density at radius 2 is 0.652 bits per heavy atom. The molecule has 66 heavy (non-hydrogen) atoms. The van der Waals surface area contributed by atoms with Crippen LogP contribution in [0.5, 0.6) is 0 Å². The van der Waals surface area contributed by atoms with E-state index in [9.17, 15) is 67.1 Å². The molecule has 0 saturated heterocycles. The lowest BCUT2D eigenvalue weighted by molar-refractivity contribution is -0.685. The number of carboxylic acid groups (broad SMARTS) is 1. The van der Waals surface area contributed by atoms with Crippen LogP contribution in [0.25, 0.3) is 0 Å². The van der Waals surface area contributed by atoms with Crippen molar-refractivity contribution < 1.29 is 112 Å². The van der Waals surface area contributed by atoms with Gasteiger partial charge >= 0.3 is 5.97 Å². The summed E-state index contributed by atoms with van der Waals surface area (Å²) in [6.45, 7) is -0.00839. The van der Waals surface area contributed by atoms with Crippen molar-refractivity contribution in [3.8, 4) is 0 Å². The lowest BCUT2D eigenvalue weighted by atomic mass is 9.12. The Labute approximate surface area is 352 Å². The van der Waals surface area contributed by atoms with Crippen molar-refractivity contribution in [2.45, 2.75) is 13.0 Å². The van der Waals surface area contributed by atoms with Crippen molar-refractivity contribution in [1.29, 1.82) is 0 Å². The van der Waals surface area contributed by atoms with Gasteiger partial charge < -0.3 is 5.11 Å². The molecule has 346 valence electrons. The summed E-state index contributed by atoms with van der Waals surface area (Å²) >= 11 is 0. The average Bonchev–Trinajstić information content (AvgIpc) is 3.29. The largest absolute Gasteiger partial charge is 0.481 e. The molecular formula is C40H14BF20NO4. The number of aliphatic carboxylic acids is 1. The molecule has 0 aliphatic carbocycles. The number of Topliss-reactive ketones (excluding diaryl/α,β-unsaturated/α-hetero) is 2. The molecule has 0 spiro atoms. The van der Waals surface area contributed by atoms with Crippen LogP contribution < -0.4 is 26.4 Å². The molecule has 0 radical (unpaired) electrons. The second kappa shape index (κ2) is 18.7. The molecule has 0 atom stereocenters. The Morgan fingerprint density at radius 3 is 0.939 bits per heavy atom. The Hall–Kier alpha value is -7.28. The molecule has 0 saturated carbocycles. The zero-order valence-electron chi connectivity index (χ0n) is 31.4. The van der Waals surface area contributed by atoms with Gasteiger partial charge in [-0.2, -0.15) is 4.57 Å². The van der Waals surface area contributed by atoms with Crippen LogP contribution in [0.3, 0.4) is 0 Å². The molecule has 5 nitrogen and oxygen atoms in total. The molecular weight excluding hydrogens is 949 g/mol. The predicted octanol–water partition coefficient (Wildman–Crippen LogP) is 7.36. The fourth-order valence-corrected chi connectivity index (χ4v) is 6.84. The van der Waals surface area contributed by atoms with E-state index in [1.165, 1.54) is 10.6 Å². The normalized spacial score (nSPS) is 11.4. The maximum atomic E-state index is 15.4. The number of carbonyl (C=O) groups is 3. The van der Waals surface area contributed by atoms with Gasteiger partial charge in [0.2, 0.25) is 23.8 Å². The van der Waals surface area contributed by atoms with Gasteiger partial charge in [-0.25, -0.2) is 87.8 Å². The summed E-state index contributed by atoms with van der Waals surface area (Å²) < 4.78 is 295. The fourth-order valence-electron chi connectivity index (χ4n) is 6.84. The number of hydrogen-bond acceptors (Lipinski definition) is 3. The topological polar surface area (TPSA) is 75.3 Å². The summed E-state index contributed by atoms with van der Waals surface area (Å²) in [6, 6.07) is 13.6. The fraction of sp³-hybridized carbons (Fsp3) is 0.0500. The van der Waals surface area contributed by atoms with Crippen LogP contribution in [-0.4, -0.2) is 28.8 Å². The maximum absolute atomic E-state index is 15.4. The maximum Gasteiger partial charge on any atom is 0.311 e. The first kappa shape index (κ1) is 49.7. The average molecular weight is 963 g/mol. The smallest absolute Gasteiger partial charge is 0.311 e. The molecule has 1 heterocycles. The van der Waals surface area contributed by atoms with Crippen LogP contribution >= 0.6 is 0 Å². The highest BCUT2D eigenvalue weighted by atomic mass is 19.2. The van der Waals surface area contributed by atoms with E-state index in [2.05, 4.69) is 0 Å². The molecule has 6 rings (SSSR count). The lowest BCUT2D eigenvalue weighted by Gasteiger charge is -2.44. The monoisotopic (exact) mass is 963 g/mol. The number of halogens is 20. The van der Waals surface area contributed by atoms with Crippen LogP contribution in [0, 0.1) is 116 Å². The first-order valence-corrected chi connectivity index (χ1v) is 17.3. The molecule has 0 amide bonds. The van der Waals surface area contributed by atoms with E-state index in [-0.39, 0.29) is 18.0 Å². The minimum atomic E-state index is -7.22. The van der Waals surface area contributed by atoms with Crippen molar-refractivity contribution in [3.05, 3.63) is 182 Å². The summed E-state index contributed by atoms with van der Waals surface area (Å²) in [5.74, 6) is -73.3. The van der Waals surface area contributed by atoms with Gasteiger partial charge in [0.1, 0.15) is 59.1 Å². The number of hydrogen-bond donors (Lipinski definition) is 1. The quantitative estimate of drug-likeness (QED) is 0.0297. The Kier molecular flexibility index (Phi) is 14.1. The summed E-state index contributed by atoms with van der Waals surface area (Å²) in [4.78, 5) is 34.7. The van der Waals surface area contributed by atoms with Gasteiger partial charge in [0.25, 0.3) is 0 Å². The summed E-state index contributed by atoms with van der Waals surface area (Å²) in [5.41, 5.74) is -13.6. The number of carboxylic acids is 1. The number of nitrogens with zero attached hydrogens (tertiary/aromatic N) is 1. The second-order valence-corrected chi connectivity index (χ2v) is 13.3. The highest BCUT2D eigenvalue weighted by Gasteiger charge is 2.52. The molecule has 26 heteroatoms. The van der Waals surface area contributed by atoms with E-state index < -0.39 is 163 Å². The Balaban J connectivity index is 0.000000324. The third kappa shape index (κ3) is 8.07. The van der Waals surface area contributed by atoms with Gasteiger partial charge in [-0.3, -0.25) is 14.4 Å². The van der Waals surface area contributed by atoms with Gasteiger partial charge in [0.05, 0.1) is 0 Å². The molecule has 0 bridgehead atoms. The van der Waals surface area contributed by atoms with Crippen molar-refractivity contribution in [3.63, 3.8) is 0 Å². The lowest BCUT2D eigenvalue weighted by Crippen LogP contribution is -2.81. The standard InChI is InChI=1S/C24BF20.C16H13NO4/c26-5-1(6(27)14(35)21(42)13(5)34)25(2-7(28)15(36)22(43)16(37)8(2)29,3-9(30)17(38)23(44)18(39)10(3)31)4-11(32)19(40)24(45)20(41)12(4)33;18-14(10-16(20)21)13-8-4-5-9-17(13)11-15(19)12-6-2-1-3-7-12/h;1-9H,10-11H2/q-1;/p+1. The number of benzene rings is 5. The van der Waals surface area contributed by atoms with Crippen LogP contribution in [0.1, 0.15) is 27.3 Å². The van der Waals surface area contributed by atoms with Gasteiger partial charge in [-0.1, -0.05) is 30.3 Å². The highest BCUT2D eigenvalue weighted by molar-refractivity contribution is 7.20. The van der Waals surface area contributed by atoms with Crippen LogP contribution in [0.4, 0.5) is 87.8 Å². The molecule has 0 fully saturated rings. The van der Waals surface area contributed by atoms with E-state index in [0.29, 0.717) is 5.56 Å². The molecule has 1 aromatic heterocycles. The SMILES string of the molecule is Fc1c(F)c(F)c([B-](c2c(F)c(F)c(F)c(F)c2F)(c2c(F)c(F)c(F)c(F)c2F)c2c(F)c(F)c(F)c(F)c2F)c(F)c1F.O=C(O)CC(=O)c1cccc[n+]1CC(=O)c1ccccc1. The molecule has 0 aliphatic heterocycles. The molecule has 1 N–H and O–H groups in total. The number of rotatable bonds is 10. The minimum Gasteiger partial charge on any atom is -0.481 e. The van der Waals surface area contributed by atoms with E-state index in [1.807, 2.05) is 6.07 Å². The summed E-state index contributed by atoms with van der Waals surface area (Å²) in [7, 11) is 0. The van der Waals surface area contributed by atoms with Crippen LogP contribution in [0.15, 0.2) is 54.7 Å². The number of carbonyl (C=O) groups excluding carboxylic acids is 2. The van der Waals surface area contributed by atoms with Crippen molar-refractivity contribution in [2.75, 3.05) is 0 Å². The van der Waals surface area contributed by atoms with Gasteiger partial charge in [-0.05, 0) is 6.07 Å². The van der Waals surface area contributed by atoms with Crippen LogP contribution in [0.2, 0.25) is 0 Å². The minimum absolute atomic E-state index is 0.00839. The molecule has 0 unspecified atom stereocenters. The molecule has 6 aromatic rings.